The van der Waals surface area contributed by atoms with E-state index >= 15 is 0 Å². The molecule has 18 heavy (non-hydrogen) atoms. The maximum atomic E-state index is 11.9. The number of anilines is 1. The van der Waals surface area contributed by atoms with E-state index in [-0.39, 0.29) is 5.91 Å². The number of ether oxygens (including phenoxy) is 1. The van der Waals surface area contributed by atoms with Gasteiger partial charge in [0.25, 0.3) is 5.91 Å². The number of carbonyl (C=O) groups excluding carboxylic acids is 2. The number of aryl methyl sites for hydroxylation is 1. The molecule has 0 unspecified atom stereocenters. The topological polar surface area (TPSA) is 68.3 Å². The highest BCUT2D eigenvalue weighted by molar-refractivity contribution is 7.12. The second kappa shape index (κ2) is 5.28. The molecule has 94 valence electrons. The quantitative estimate of drug-likeness (QED) is 0.878. The molecule has 0 saturated heterocycles. The van der Waals surface area contributed by atoms with Gasteiger partial charge >= 0.3 is 5.97 Å². The van der Waals surface area contributed by atoms with Crippen LogP contribution in [-0.4, -0.2) is 24.0 Å². The minimum Gasteiger partial charge on any atom is -0.465 e. The Bertz CT molecular complexity index is 575. The number of thiophene rings is 1. The highest BCUT2D eigenvalue weighted by atomic mass is 32.1. The van der Waals surface area contributed by atoms with Gasteiger partial charge in [-0.05, 0) is 17.9 Å². The smallest absolute Gasteiger partial charge is 0.350 e. The van der Waals surface area contributed by atoms with Crippen LogP contribution in [0, 0.1) is 6.92 Å². The molecule has 0 aromatic carbocycles. The third kappa shape index (κ3) is 2.41. The number of thiazole rings is 1. The van der Waals surface area contributed by atoms with Crippen LogP contribution >= 0.6 is 22.7 Å². The van der Waals surface area contributed by atoms with Gasteiger partial charge in [-0.15, -0.1) is 22.7 Å². The normalized spacial score (nSPS) is 10.1. The van der Waals surface area contributed by atoms with Crippen LogP contribution in [0.3, 0.4) is 0 Å². The Hall–Kier alpha value is -1.73. The van der Waals surface area contributed by atoms with Gasteiger partial charge in [-0.3, -0.25) is 4.79 Å². The molecule has 0 aliphatic heterocycles. The van der Waals surface area contributed by atoms with E-state index in [1.165, 1.54) is 29.8 Å². The maximum Gasteiger partial charge on any atom is 0.350 e. The first-order valence-electron chi connectivity index (χ1n) is 4.99. The first-order valence-corrected chi connectivity index (χ1v) is 6.81. The molecule has 0 radical (unpaired) electrons. The largest absolute Gasteiger partial charge is 0.465 e. The number of hydrogen-bond donors (Lipinski definition) is 1. The van der Waals surface area contributed by atoms with Crippen molar-refractivity contribution in [1.29, 1.82) is 0 Å². The Balaban J connectivity index is 2.26. The first-order chi connectivity index (χ1) is 8.63. The van der Waals surface area contributed by atoms with E-state index in [0.29, 0.717) is 16.3 Å². The molecule has 2 aromatic heterocycles. The lowest BCUT2D eigenvalue weighted by atomic mass is 10.2. The van der Waals surface area contributed by atoms with Crippen LogP contribution in [0.5, 0.6) is 0 Å². The van der Waals surface area contributed by atoms with Crippen molar-refractivity contribution in [1.82, 2.24) is 4.98 Å². The molecule has 1 N–H and O–H groups in total. The van der Waals surface area contributed by atoms with Crippen LogP contribution < -0.4 is 5.32 Å². The number of nitrogens with zero attached hydrogens (tertiary/aromatic N) is 1. The highest BCUT2D eigenvalue weighted by Gasteiger charge is 2.19. The maximum absolute atomic E-state index is 11.9. The molecule has 1 amide bonds. The van der Waals surface area contributed by atoms with Gasteiger partial charge in [0.1, 0.15) is 10.6 Å². The number of esters is 1. The average Bonchev–Trinajstić information content (AvgIpc) is 2.99. The molecule has 0 spiro atoms. The van der Waals surface area contributed by atoms with Gasteiger partial charge in [0.2, 0.25) is 0 Å². The molecule has 7 heteroatoms. The number of carbonyl (C=O) groups is 2. The SMILES string of the molecule is COC(=O)c1scc(C)c1NC(=O)c1cscn1. The van der Waals surface area contributed by atoms with Gasteiger partial charge in [-0.1, -0.05) is 0 Å². The Kier molecular flexibility index (Phi) is 3.73. The summed E-state index contributed by atoms with van der Waals surface area (Å²) in [5, 5.41) is 6.13. The summed E-state index contributed by atoms with van der Waals surface area (Å²) in [4.78, 5) is 27.7. The molecule has 0 saturated carbocycles. The summed E-state index contributed by atoms with van der Waals surface area (Å²) >= 11 is 2.58. The number of aromatic nitrogens is 1. The second-order valence-corrected chi connectivity index (χ2v) is 5.04. The van der Waals surface area contributed by atoms with E-state index < -0.39 is 5.97 Å². The number of hydrogen-bond acceptors (Lipinski definition) is 6. The van der Waals surface area contributed by atoms with Crippen LogP contribution in [0.4, 0.5) is 5.69 Å². The molecule has 2 aromatic rings. The molecular weight excluding hydrogens is 272 g/mol. The third-order valence-corrected chi connectivity index (χ3v) is 3.91. The Morgan fingerprint density at radius 3 is 2.78 bits per heavy atom. The second-order valence-electron chi connectivity index (χ2n) is 3.44. The van der Waals surface area contributed by atoms with Gasteiger partial charge in [0.05, 0.1) is 18.3 Å². The van der Waals surface area contributed by atoms with E-state index in [1.54, 1.807) is 16.3 Å². The number of rotatable bonds is 3. The van der Waals surface area contributed by atoms with Crippen molar-refractivity contribution < 1.29 is 14.3 Å². The molecule has 2 rings (SSSR count). The van der Waals surface area contributed by atoms with E-state index in [2.05, 4.69) is 15.0 Å². The van der Waals surface area contributed by atoms with Crippen LogP contribution in [0.1, 0.15) is 25.7 Å². The minimum absolute atomic E-state index is 0.331. The minimum atomic E-state index is -0.457. The third-order valence-electron chi connectivity index (χ3n) is 2.25. The summed E-state index contributed by atoms with van der Waals surface area (Å²) in [7, 11) is 1.31. The van der Waals surface area contributed by atoms with Gasteiger partial charge in [0, 0.05) is 5.38 Å². The summed E-state index contributed by atoms with van der Waals surface area (Å²) in [6.45, 7) is 1.82. The predicted octanol–water partition coefficient (Wildman–Crippen LogP) is 2.55. The van der Waals surface area contributed by atoms with E-state index in [1.807, 2.05) is 6.92 Å². The van der Waals surface area contributed by atoms with Crippen molar-refractivity contribution in [2.75, 3.05) is 12.4 Å². The van der Waals surface area contributed by atoms with E-state index in [4.69, 9.17) is 0 Å². The van der Waals surface area contributed by atoms with Crippen LogP contribution in [0.15, 0.2) is 16.3 Å². The Labute approximate surface area is 111 Å². The zero-order valence-corrected chi connectivity index (χ0v) is 11.4. The first kappa shape index (κ1) is 12.7. The van der Waals surface area contributed by atoms with Crippen LogP contribution in [0.25, 0.3) is 0 Å². The lowest BCUT2D eigenvalue weighted by Gasteiger charge is -2.05. The predicted molar refractivity (Wildman–Crippen MR) is 70.5 cm³/mol. The van der Waals surface area contributed by atoms with E-state index in [0.717, 1.165) is 5.56 Å². The number of amides is 1. The fourth-order valence-electron chi connectivity index (χ4n) is 1.34. The van der Waals surface area contributed by atoms with Crippen molar-refractivity contribution in [3.05, 3.63) is 32.4 Å². The van der Waals surface area contributed by atoms with Gasteiger partial charge < -0.3 is 10.1 Å². The molecule has 5 nitrogen and oxygen atoms in total. The summed E-state index contributed by atoms with van der Waals surface area (Å²) in [5.74, 6) is -0.787. The van der Waals surface area contributed by atoms with Crippen LogP contribution in [-0.2, 0) is 4.74 Å². The molecule has 2 heterocycles. The Morgan fingerprint density at radius 2 is 2.17 bits per heavy atom. The summed E-state index contributed by atoms with van der Waals surface area (Å²) in [6, 6.07) is 0. The van der Waals surface area contributed by atoms with Crippen molar-refractivity contribution in [2.45, 2.75) is 6.92 Å². The lowest BCUT2D eigenvalue weighted by Crippen LogP contribution is -2.15. The van der Waals surface area contributed by atoms with Crippen molar-refractivity contribution in [3.8, 4) is 0 Å². The van der Waals surface area contributed by atoms with Crippen LogP contribution in [0.2, 0.25) is 0 Å². The van der Waals surface area contributed by atoms with Crippen molar-refractivity contribution in [3.63, 3.8) is 0 Å². The fraction of sp³-hybridized carbons (Fsp3) is 0.182. The van der Waals surface area contributed by atoms with Crippen molar-refractivity contribution in [2.24, 2.45) is 0 Å². The zero-order valence-electron chi connectivity index (χ0n) is 9.72. The number of nitrogens with one attached hydrogen (secondary N) is 1. The standard InChI is InChI=1S/C11H10N2O3S2/c1-6-3-18-9(11(15)16-2)8(6)13-10(14)7-4-17-5-12-7/h3-5H,1-2H3,(H,13,14). The summed E-state index contributed by atoms with van der Waals surface area (Å²) < 4.78 is 4.67. The molecule has 0 atom stereocenters. The summed E-state index contributed by atoms with van der Waals surface area (Å²) in [5.41, 5.74) is 3.23. The monoisotopic (exact) mass is 282 g/mol. The lowest BCUT2D eigenvalue weighted by molar-refractivity contribution is 0.0607. The van der Waals surface area contributed by atoms with E-state index in [9.17, 15) is 9.59 Å². The highest BCUT2D eigenvalue weighted by Crippen LogP contribution is 2.28. The van der Waals surface area contributed by atoms with Gasteiger partial charge in [-0.25, -0.2) is 9.78 Å². The zero-order chi connectivity index (χ0) is 13.1. The molecular formula is C11H10N2O3S2. The van der Waals surface area contributed by atoms with Gasteiger partial charge in [-0.2, -0.15) is 0 Å². The molecule has 0 aliphatic rings. The average molecular weight is 282 g/mol. The van der Waals surface area contributed by atoms with Gasteiger partial charge in [0.15, 0.2) is 0 Å². The fourth-order valence-corrected chi connectivity index (χ4v) is 2.80. The summed E-state index contributed by atoms with van der Waals surface area (Å²) in [6.07, 6.45) is 0. The molecule has 0 fully saturated rings. The number of methoxy groups -OCH3 is 1. The van der Waals surface area contributed by atoms with Crippen molar-refractivity contribution >= 4 is 40.2 Å². The molecule has 0 aliphatic carbocycles. The molecule has 0 bridgehead atoms. The Morgan fingerprint density at radius 1 is 1.39 bits per heavy atom.